The van der Waals surface area contributed by atoms with E-state index in [0.717, 1.165) is 36.3 Å². The van der Waals surface area contributed by atoms with Crippen molar-refractivity contribution in [3.8, 4) is 11.5 Å². The monoisotopic (exact) mass is 362 g/mol. The zero-order chi connectivity index (χ0) is 19.1. The third kappa shape index (κ3) is 5.55. The number of benzene rings is 2. The Morgan fingerprint density at radius 1 is 1.04 bits per heavy atom. The van der Waals surface area contributed by atoms with Crippen LogP contribution < -0.4 is 5.32 Å². The number of oxazole rings is 1. The highest BCUT2D eigenvalue weighted by atomic mass is 16.4. The molecule has 2 aromatic carbocycles. The van der Waals surface area contributed by atoms with Crippen molar-refractivity contribution in [1.29, 1.82) is 0 Å². The molecular formula is C23H26N2O2. The maximum absolute atomic E-state index is 12.0. The summed E-state index contributed by atoms with van der Waals surface area (Å²) in [4.78, 5) is 16.6. The average molecular weight is 362 g/mol. The van der Waals surface area contributed by atoms with Crippen molar-refractivity contribution in [3.05, 3.63) is 77.2 Å². The maximum Gasteiger partial charge on any atom is 0.226 e. The van der Waals surface area contributed by atoms with E-state index in [0.29, 0.717) is 18.9 Å². The molecule has 0 fully saturated rings. The van der Waals surface area contributed by atoms with E-state index < -0.39 is 0 Å². The summed E-state index contributed by atoms with van der Waals surface area (Å²) in [6.45, 7) is 4.65. The van der Waals surface area contributed by atoms with Gasteiger partial charge in [0.1, 0.15) is 5.76 Å². The molecule has 1 amide bonds. The van der Waals surface area contributed by atoms with E-state index in [9.17, 15) is 4.79 Å². The van der Waals surface area contributed by atoms with Crippen molar-refractivity contribution >= 4 is 5.91 Å². The quantitative estimate of drug-likeness (QED) is 0.635. The van der Waals surface area contributed by atoms with Crippen molar-refractivity contribution < 1.29 is 9.21 Å². The number of amides is 1. The van der Waals surface area contributed by atoms with Gasteiger partial charge in [-0.15, -0.1) is 0 Å². The summed E-state index contributed by atoms with van der Waals surface area (Å²) in [5, 5.41) is 2.99. The van der Waals surface area contributed by atoms with E-state index >= 15 is 0 Å². The number of hydrogen-bond acceptors (Lipinski definition) is 3. The fourth-order valence-electron chi connectivity index (χ4n) is 3.06. The highest BCUT2D eigenvalue weighted by Crippen LogP contribution is 2.23. The molecule has 3 rings (SSSR count). The second-order valence-electron chi connectivity index (χ2n) is 6.83. The number of carbonyl (C=O) groups excluding carboxylic acids is 1. The second-order valence-corrected chi connectivity index (χ2v) is 6.83. The number of aromatic nitrogens is 1. The molecule has 4 heteroatoms. The van der Waals surface area contributed by atoms with Gasteiger partial charge in [0.2, 0.25) is 11.8 Å². The summed E-state index contributed by atoms with van der Waals surface area (Å²) in [5.74, 6) is 1.57. The van der Waals surface area contributed by atoms with Gasteiger partial charge < -0.3 is 9.73 Å². The number of rotatable bonds is 8. The number of aryl methyl sites for hydroxylation is 3. The first-order valence-corrected chi connectivity index (χ1v) is 9.46. The molecule has 0 unspecified atom stereocenters. The number of hydrogen-bond donors (Lipinski definition) is 1. The maximum atomic E-state index is 12.0. The van der Waals surface area contributed by atoms with Crippen LogP contribution in [0.5, 0.6) is 0 Å². The normalized spacial score (nSPS) is 10.7. The zero-order valence-electron chi connectivity index (χ0n) is 16.0. The van der Waals surface area contributed by atoms with Crippen LogP contribution in [0.15, 0.2) is 59.0 Å². The molecule has 0 aliphatic heterocycles. The predicted molar refractivity (Wildman–Crippen MR) is 108 cm³/mol. The lowest BCUT2D eigenvalue weighted by Gasteiger charge is -2.05. The number of nitrogens with zero attached hydrogens (tertiary/aromatic N) is 1. The predicted octanol–water partition coefficient (Wildman–Crippen LogP) is 4.64. The first-order chi connectivity index (χ1) is 13.1. The van der Waals surface area contributed by atoms with Crippen molar-refractivity contribution in [2.75, 3.05) is 6.54 Å². The molecule has 0 saturated carbocycles. The van der Waals surface area contributed by atoms with E-state index in [-0.39, 0.29) is 5.91 Å². The minimum absolute atomic E-state index is 0.0889. The van der Waals surface area contributed by atoms with Crippen LogP contribution in [0.2, 0.25) is 0 Å². The largest absolute Gasteiger partial charge is 0.441 e. The van der Waals surface area contributed by atoms with E-state index in [1.807, 2.05) is 37.3 Å². The lowest BCUT2D eigenvalue weighted by Crippen LogP contribution is -2.25. The Bertz CT molecular complexity index is 884. The minimum Gasteiger partial charge on any atom is -0.441 e. The first kappa shape index (κ1) is 18.9. The molecule has 0 aliphatic rings. The van der Waals surface area contributed by atoms with Crippen LogP contribution in [0.1, 0.15) is 35.4 Å². The molecule has 1 N–H and O–H groups in total. The Labute approximate surface area is 160 Å². The Morgan fingerprint density at radius 2 is 1.85 bits per heavy atom. The van der Waals surface area contributed by atoms with Crippen LogP contribution in [0, 0.1) is 13.8 Å². The molecule has 0 bridgehead atoms. The second kappa shape index (κ2) is 9.17. The zero-order valence-corrected chi connectivity index (χ0v) is 16.0. The highest BCUT2D eigenvalue weighted by Gasteiger charge is 2.12. The van der Waals surface area contributed by atoms with Gasteiger partial charge in [0, 0.05) is 18.5 Å². The molecule has 4 nitrogen and oxygen atoms in total. The fourth-order valence-corrected chi connectivity index (χ4v) is 3.06. The van der Waals surface area contributed by atoms with Crippen molar-refractivity contribution in [2.45, 2.75) is 39.5 Å². The smallest absolute Gasteiger partial charge is 0.226 e. The van der Waals surface area contributed by atoms with Crippen LogP contribution in [-0.4, -0.2) is 17.4 Å². The lowest BCUT2D eigenvalue weighted by atomic mass is 10.1. The average Bonchev–Trinajstić information content (AvgIpc) is 3.03. The van der Waals surface area contributed by atoms with E-state index in [4.69, 9.17) is 4.42 Å². The van der Waals surface area contributed by atoms with Crippen LogP contribution in [0.25, 0.3) is 11.5 Å². The summed E-state index contributed by atoms with van der Waals surface area (Å²) in [7, 11) is 0. The molecule has 0 radical (unpaired) electrons. The van der Waals surface area contributed by atoms with Gasteiger partial charge in [-0.1, -0.05) is 48.0 Å². The van der Waals surface area contributed by atoms with Gasteiger partial charge in [0.25, 0.3) is 0 Å². The topological polar surface area (TPSA) is 55.1 Å². The minimum atomic E-state index is 0.0889. The molecule has 0 aliphatic carbocycles. The van der Waals surface area contributed by atoms with E-state index in [2.05, 4.69) is 41.5 Å². The fraction of sp³-hybridized carbons (Fsp3) is 0.304. The van der Waals surface area contributed by atoms with Gasteiger partial charge in [-0.05, 0) is 50.8 Å². The molecule has 140 valence electrons. The van der Waals surface area contributed by atoms with Gasteiger partial charge in [0.15, 0.2) is 0 Å². The van der Waals surface area contributed by atoms with Crippen LogP contribution in [0.3, 0.4) is 0 Å². The molecule has 0 atom stereocenters. The van der Waals surface area contributed by atoms with Gasteiger partial charge >= 0.3 is 0 Å². The molecule has 1 aromatic heterocycles. The Hall–Kier alpha value is -2.88. The number of carbonyl (C=O) groups is 1. The van der Waals surface area contributed by atoms with Gasteiger partial charge in [-0.2, -0.15) is 0 Å². The van der Waals surface area contributed by atoms with Crippen molar-refractivity contribution in [2.24, 2.45) is 0 Å². The molecule has 0 spiro atoms. The van der Waals surface area contributed by atoms with Crippen LogP contribution in [-0.2, 0) is 17.6 Å². The molecule has 1 heterocycles. The van der Waals surface area contributed by atoms with Crippen LogP contribution in [0.4, 0.5) is 0 Å². The Kier molecular flexibility index (Phi) is 6.42. The standard InChI is InChI=1S/C23H26N2O2/c1-17-8-6-11-20(16-17)23-25-21(18(2)27-23)12-7-13-22(26)24-15-14-19-9-4-3-5-10-19/h3-6,8-11,16H,7,12-15H2,1-2H3,(H,24,26). The van der Waals surface area contributed by atoms with Gasteiger partial charge in [-0.25, -0.2) is 4.98 Å². The third-order valence-corrected chi connectivity index (χ3v) is 4.55. The lowest BCUT2D eigenvalue weighted by molar-refractivity contribution is -0.121. The summed E-state index contributed by atoms with van der Waals surface area (Å²) in [5.41, 5.74) is 4.34. The Balaban J connectivity index is 1.44. The first-order valence-electron chi connectivity index (χ1n) is 9.46. The SMILES string of the molecule is Cc1cccc(-c2nc(CCCC(=O)NCCc3ccccc3)c(C)o2)c1. The number of nitrogens with one attached hydrogen (secondary N) is 1. The molecular weight excluding hydrogens is 336 g/mol. The molecule has 0 saturated heterocycles. The summed E-state index contributed by atoms with van der Waals surface area (Å²) in [6, 6.07) is 18.3. The summed E-state index contributed by atoms with van der Waals surface area (Å²) in [6.07, 6.45) is 2.86. The summed E-state index contributed by atoms with van der Waals surface area (Å²) >= 11 is 0. The third-order valence-electron chi connectivity index (χ3n) is 4.55. The van der Waals surface area contributed by atoms with Gasteiger partial charge in [-0.3, -0.25) is 4.79 Å². The van der Waals surface area contributed by atoms with Crippen LogP contribution >= 0.6 is 0 Å². The van der Waals surface area contributed by atoms with E-state index in [1.54, 1.807) is 0 Å². The van der Waals surface area contributed by atoms with Crippen molar-refractivity contribution in [1.82, 2.24) is 10.3 Å². The van der Waals surface area contributed by atoms with E-state index in [1.165, 1.54) is 11.1 Å². The van der Waals surface area contributed by atoms with Crippen molar-refractivity contribution in [3.63, 3.8) is 0 Å². The summed E-state index contributed by atoms with van der Waals surface area (Å²) < 4.78 is 5.82. The Morgan fingerprint density at radius 3 is 2.63 bits per heavy atom. The highest BCUT2D eigenvalue weighted by molar-refractivity contribution is 5.75. The molecule has 3 aromatic rings. The van der Waals surface area contributed by atoms with Gasteiger partial charge in [0.05, 0.1) is 5.69 Å². The molecule has 27 heavy (non-hydrogen) atoms.